The second kappa shape index (κ2) is 51.0. The van der Waals surface area contributed by atoms with E-state index in [9.17, 15) is 19.5 Å². The van der Waals surface area contributed by atoms with Crippen molar-refractivity contribution >= 4 is 18.0 Å². The van der Waals surface area contributed by atoms with E-state index in [1.165, 1.54) is 77.0 Å². The Kier molecular flexibility index (Phi) is 49.7. The maximum Gasteiger partial charge on any atom is 0.410 e. The molecule has 0 aromatic rings. The third-order valence-electron chi connectivity index (χ3n) is 14.1. The summed E-state index contributed by atoms with van der Waals surface area (Å²) in [6.07, 6.45) is 45.0. The highest BCUT2D eigenvalue weighted by molar-refractivity contribution is 5.70. The van der Waals surface area contributed by atoms with Gasteiger partial charge in [0.05, 0.1) is 6.10 Å². The molecule has 0 saturated carbocycles. The highest BCUT2D eigenvalue weighted by Gasteiger charge is 2.21. The summed E-state index contributed by atoms with van der Waals surface area (Å²) >= 11 is 0. The van der Waals surface area contributed by atoms with Crippen LogP contribution in [0.1, 0.15) is 311 Å². The fraction of sp³-hybridized carbons (Fsp3) is 0.950. The van der Waals surface area contributed by atoms with Gasteiger partial charge in [0, 0.05) is 25.9 Å². The summed E-state index contributed by atoms with van der Waals surface area (Å²) in [5, 5.41) is 10.4. The van der Waals surface area contributed by atoms with Crippen LogP contribution >= 0.6 is 0 Å². The van der Waals surface area contributed by atoms with Gasteiger partial charge in [0.15, 0.2) is 0 Å². The van der Waals surface area contributed by atoms with Crippen LogP contribution in [0.2, 0.25) is 0 Å². The Bertz CT molecular complexity index is 1040. The summed E-state index contributed by atoms with van der Waals surface area (Å²) in [7, 11) is 4.15. The smallest absolute Gasteiger partial charge is 0.410 e. The average Bonchev–Trinajstić information content (AvgIpc) is 3.33. The molecule has 0 heterocycles. The van der Waals surface area contributed by atoms with Crippen LogP contribution in [-0.2, 0) is 23.8 Å². The highest BCUT2D eigenvalue weighted by Crippen LogP contribution is 2.22. The SMILES string of the molecule is CCCCCCC(CCCCCC)OC(=O)CCCCCCCCC(CCCCCCCCC(=O)OC(CCCCCC)CCCCCC)OC(=O)N(CCCCC(O)CCCC)CCCN(C)C. The van der Waals surface area contributed by atoms with Gasteiger partial charge in [-0.2, -0.15) is 0 Å². The average molecular weight is 980 g/mol. The van der Waals surface area contributed by atoms with E-state index in [0.29, 0.717) is 25.9 Å². The zero-order valence-corrected chi connectivity index (χ0v) is 47.1. The molecule has 1 unspecified atom stereocenters. The van der Waals surface area contributed by atoms with Crippen molar-refractivity contribution in [2.75, 3.05) is 33.7 Å². The molecule has 0 aliphatic rings. The predicted octanol–water partition coefficient (Wildman–Crippen LogP) is 17.4. The van der Waals surface area contributed by atoms with E-state index in [-0.39, 0.29) is 42.4 Å². The van der Waals surface area contributed by atoms with Gasteiger partial charge in [-0.1, -0.05) is 176 Å². The lowest BCUT2D eigenvalue weighted by Gasteiger charge is -2.26. The molecule has 9 nitrogen and oxygen atoms in total. The van der Waals surface area contributed by atoms with Crippen molar-refractivity contribution in [3.8, 4) is 0 Å². The Hall–Kier alpha value is -1.87. The van der Waals surface area contributed by atoms with Crippen molar-refractivity contribution in [1.82, 2.24) is 9.80 Å². The van der Waals surface area contributed by atoms with Gasteiger partial charge in [-0.15, -0.1) is 0 Å². The van der Waals surface area contributed by atoms with Gasteiger partial charge in [0.1, 0.15) is 18.3 Å². The lowest BCUT2D eigenvalue weighted by atomic mass is 10.0. The minimum atomic E-state index is -0.253. The number of rotatable bonds is 53. The predicted molar refractivity (Wildman–Crippen MR) is 293 cm³/mol. The number of ether oxygens (including phenoxy) is 3. The summed E-state index contributed by atoms with van der Waals surface area (Å²) in [5.74, 6) is -0.0260. The maximum atomic E-state index is 13.8. The quantitative estimate of drug-likeness (QED) is 0.0365. The van der Waals surface area contributed by atoms with Gasteiger partial charge in [-0.3, -0.25) is 9.59 Å². The normalized spacial score (nSPS) is 12.2. The second-order valence-corrected chi connectivity index (χ2v) is 21.4. The molecular weight excluding hydrogens is 861 g/mol. The number of carbonyl (C=O) groups is 3. The zero-order valence-electron chi connectivity index (χ0n) is 47.1. The molecule has 9 heteroatoms. The van der Waals surface area contributed by atoms with E-state index in [4.69, 9.17) is 14.2 Å². The molecule has 0 fully saturated rings. The number of hydrogen-bond donors (Lipinski definition) is 1. The lowest BCUT2D eigenvalue weighted by molar-refractivity contribution is -0.151. The van der Waals surface area contributed by atoms with Crippen molar-refractivity contribution in [2.45, 2.75) is 335 Å². The zero-order chi connectivity index (χ0) is 50.8. The fourth-order valence-corrected chi connectivity index (χ4v) is 9.52. The molecule has 1 atom stereocenters. The Morgan fingerprint density at radius 1 is 0.348 bits per heavy atom. The molecule has 1 N–H and O–H groups in total. The molecule has 0 radical (unpaired) electrons. The van der Waals surface area contributed by atoms with Gasteiger partial charge in [0.2, 0.25) is 0 Å². The van der Waals surface area contributed by atoms with E-state index in [1.54, 1.807) is 0 Å². The van der Waals surface area contributed by atoms with Gasteiger partial charge in [0.25, 0.3) is 0 Å². The number of esters is 2. The number of aliphatic hydroxyl groups is 1. The summed E-state index contributed by atoms with van der Waals surface area (Å²) in [6, 6.07) is 0. The molecule has 0 aliphatic carbocycles. The standard InChI is InChI=1S/C60H118N2O7/c1-8-13-18-30-43-55(44-31-19-14-9-2)67-58(64)49-36-28-24-22-26-34-47-57(69-60(66)62(53-40-51-61(6)7)52-39-38-42-54(63)41-17-12-5)48-35-27-23-25-29-37-50-59(65)68-56(45-32-20-15-10-3)46-33-21-16-11-4/h54-57,63H,8-53H2,1-7H3. The number of hydrogen-bond acceptors (Lipinski definition) is 8. The van der Waals surface area contributed by atoms with Crippen LogP contribution in [0.3, 0.4) is 0 Å². The van der Waals surface area contributed by atoms with Crippen LogP contribution in [0.15, 0.2) is 0 Å². The number of nitrogens with zero attached hydrogens (tertiary/aromatic N) is 2. The molecule has 0 bridgehead atoms. The first-order valence-electron chi connectivity index (χ1n) is 30.3. The van der Waals surface area contributed by atoms with Gasteiger partial charge >= 0.3 is 18.0 Å². The van der Waals surface area contributed by atoms with E-state index >= 15 is 0 Å². The molecule has 410 valence electrons. The lowest BCUT2D eigenvalue weighted by Crippen LogP contribution is -2.37. The third-order valence-corrected chi connectivity index (χ3v) is 14.1. The highest BCUT2D eigenvalue weighted by atomic mass is 16.6. The topological polar surface area (TPSA) is 106 Å². The van der Waals surface area contributed by atoms with Crippen LogP contribution in [0.4, 0.5) is 4.79 Å². The fourth-order valence-electron chi connectivity index (χ4n) is 9.52. The number of unbranched alkanes of at least 4 members (excludes halogenated alkanes) is 24. The van der Waals surface area contributed by atoms with Crippen LogP contribution in [0.25, 0.3) is 0 Å². The summed E-state index contributed by atoms with van der Waals surface area (Å²) in [6.45, 7) is 13.4. The molecule has 0 saturated heterocycles. The molecule has 69 heavy (non-hydrogen) atoms. The van der Waals surface area contributed by atoms with Crippen LogP contribution in [0.5, 0.6) is 0 Å². The first-order valence-corrected chi connectivity index (χ1v) is 30.3. The van der Waals surface area contributed by atoms with Crippen LogP contribution in [-0.4, -0.2) is 91.1 Å². The van der Waals surface area contributed by atoms with Crippen molar-refractivity contribution in [1.29, 1.82) is 0 Å². The minimum absolute atomic E-state index is 0.0130. The van der Waals surface area contributed by atoms with Gasteiger partial charge in [-0.25, -0.2) is 4.79 Å². The van der Waals surface area contributed by atoms with Crippen molar-refractivity contribution in [3.05, 3.63) is 0 Å². The summed E-state index contributed by atoms with van der Waals surface area (Å²) in [4.78, 5) is 43.6. The minimum Gasteiger partial charge on any atom is -0.462 e. The molecule has 0 spiro atoms. The first-order chi connectivity index (χ1) is 33.6. The van der Waals surface area contributed by atoms with Crippen molar-refractivity contribution in [3.63, 3.8) is 0 Å². The van der Waals surface area contributed by atoms with Gasteiger partial charge < -0.3 is 29.1 Å². The molecule has 1 amide bonds. The van der Waals surface area contributed by atoms with Crippen LogP contribution < -0.4 is 0 Å². The Morgan fingerprint density at radius 3 is 1.03 bits per heavy atom. The number of amides is 1. The molecule has 0 aliphatic heterocycles. The third kappa shape index (κ3) is 45.7. The molecule has 0 aromatic carbocycles. The number of carbonyl (C=O) groups excluding carboxylic acids is 3. The van der Waals surface area contributed by atoms with Crippen LogP contribution in [0, 0.1) is 0 Å². The Balaban J connectivity index is 5.12. The van der Waals surface area contributed by atoms with Crippen molar-refractivity contribution < 1.29 is 33.7 Å². The number of aliphatic hydroxyl groups excluding tert-OH is 1. The summed E-state index contributed by atoms with van der Waals surface area (Å²) in [5.41, 5.74) is 0. The van der Waals surface area contributed by atoms with Gasteiger partial charge in [-0.05, 0) is 143 Å². The molecular formula is C60H118N2O7. The first kappa shape index (κ1) is 67.1. The molecule has 0 rings (SSSR count). The monoisotopic (exact) mass is 979 g/mol. The molecule has 0 aromatic heterocycles. The van der Waals surface area contributed by atoms with E-state index in [2.05, 4.69) is 53.6 Å². The van der Waals surface area contributed by atoms with E-state index < -0.39 is 0 Å². The van der Waals surface area contributed by atoms with E-state index in [1.807, 2.05) is 4.90 Å². The Labute approximate surface area is 428 Å². The Morgan fingerprint density at radius 2 is 0.652 bits per heavy atom. The second-order valence-electron chi connectivity index (χ2n) is 21.4. The summed E-state index contributed by atoms with van der Waals surface area (Å²) < 4.78 is 18.4. The van der Waals surface area contributed by atoms with E-state index in [0.717, 1.165) is 193 Å². The maximum absolute atomic E-state index is 13.8. The van der Waals surface area contributed by atoms with Crippen molar-refractivity contribution in [2.24, 2.45) is 0 Å². The largest absolute Gasteiger partial charge is 0.462 e.